The maximum atomic E-state index is 13.4. The van der Waals surface area contributed by atoms with Crippen LogP contribution in [0.1, 0.15) is 35.7 Å². The van der Waals surface area contributed by atoms with Crippen LogP contribution in [0.15, 0.2) is 66.7 Å². The summed E-state index contributed by atoms with van der Waals surface area (Å²) in [7, 11) is 0. The standard InChI is InChI=1S/C28H28FN3O2/c1-19-7-5-8-20(2)27(19)34-16-6-15-31-25-10-4-3-9-24(25)30-28(31)21-17-26(33)32(18-21)23-13-11-22(29)12-14-23/h3-5,7-14,21H,6,15-18H2,1-2H3/t21-/m1/s1. The molecule has 2 heterocycles. The van der Waals surface area contributed by atoms with E-state index in [9.17, 15) is 9.18 Å². The number of ether oxygens (including phenoxy) is 1. The molecule has 1 aliphatic heterocycles. The van der Waals surface area contributed by atoms with E-state index in [1.807, 2.05) is 24.3 Å². The Morgan fingerprint density at radius 3 is 2.50 bits per heavy atom. The fourth-order valence-electron chi connectivity index (χ4n) is 4.82. The molecule has 1 atom stereocenters. The number of hydrogen-bond acceptors (Lipinski definition) is 3. The highest BCUT2D eigenvalue weighted by atomic mass is 19.1. The molecule has 1 amide bonds. The van der Waals surface area contributed by atoms with E-state index in [1.165, 1.54) is 12.1 Å². The Balaban J connectivity index is 1.35. The lowest BCUT2D eigenvalue weighted by Crippen LogP contribution is -2.24. The van der Waals surface area contributed by atoms with Gasteiger partial charge < -0.3 is 14.2 Å². The van der Waals surface area contributed by atoms with Gasteiger partial charge in [0.1, 0.15) is 17.4 Å². The minimum absolute atomic E-state index is 0.0236. The number of para-hydroxylation sites is 3. The average Bonchev–Trinajstić information content (AvgIpc) is 3.39. The number of aryl methyl sites for hydroxylation is 3. The quantitative estimate of drug-likeness (QED) is 0.331. The maximum Gasteiger partial charge on any atom is 0.227 e. The van der Waals surface area contributed by atoms with Gasteiger partial charge in [0.25, 0.3) is 0 Å². The van der Waals surface area contributed by atoms with Crippen LogP contribution in [0.3, 0.4) is 0 Å². The average molecular weight is 458 g/mol. The van der Waals surface area contributed by atoms with Crippen molar-refractivity contribution >= 4 is 22.6 Å². The van der Waals surface area contributed by atoms with Crippen LogP contribution in [0, 0.1) is 19.7 Å². The van der Waals surface area contributed by atoms with Crippen LogP contribution in [0.5, 0.6) is 5.75 Å². The first-order chi connectivity index (χ1) is 16.5. The molecule has 174 valence electrons. The predicted molar refractivity (Wildman–Crippen MR) is 132 cm³/mol. The fourth-order valence-corrected chi connectivity index (χ4v) is 4.82. The van der Waals surface area contributed by atoms with Crippen molar-refractivity contribution in [3.8, 4) is 5.75 Å². The first kappa shape index (κ1) is 22.1. The third kappa shape index (κ3) is 4.28. The second-order valence-corrected chi connectivity index (χ2v) is 8.92. The predicted octanol–water partition coefficient (Wildman–Crippen LogP) is 5.78. The number of carbonyl (C=O) groups is 1. The zero-order chi connectivity index (χ0) is 23.7. The number of rotatable bonds is 7. The number of halogens is 1. The van der Waals surface area contributed by atoms with Gasteiger partial charge in [-0.1, -0.05) is 30.3 Å². The van der Waals surface area contributed by atoms with Crippen LogP contribution >= 0.6 is 0 Å². The smallest absolute Gasteiger partial charge is 0.227 e. The van der Waals surface area contributed by atoms with E-state index in [0.29, 0.717) is 19.6 Å². The third-order valence-corrected chi connectivity index (χ3v) is 6.49. The summed E-state index contributed by atoms with van der Waals surface area (Å²) in [6.07, 6.45) is 1.21. The van der Waals surface area contributed by atoms with Gasteiger partial charge in [-0.15, -0.1) is 0 Å². The SMILES string of the molecule is Cc1cccc(C)c1OCCCn1c([C@@H]2CC(=O)N(c3ccc(F)cc3)C2)nc2ccccc21. The normalized spacial score (nSPS) is 15.9. The van der Waals surface area contributed by atoms with Gasteiger partial charge in [0, 0.05) is 31.1 Å². The summed E-state index contributed by atoms with van der Waals surface area (Å²) in [5.74, 6) is 1.58. The molecule has 0 spiro atoms. The number of fused-ring (bicyclic) bond motifs is 1. The Morgan fingerprint density at radius 2 is 1.74 bits per heavy atom. The number of benzene rings is 3. The van der Waals surface area contributed by atoms with Crippen molar-refractivity contribution in [2.24, 2.45) is 0 Å². The van der Waals surface area contributed by atoms with Crippen LogP contribution < -0.4 is 9.64 Å². The number of nitrogens with zero attached hydrogens (tertiary/aromatic N) is 3. The molecule has 5 rings (SSSR count). The molecular weight excluding hydrogens is 429 g/mol. The minimum atomic E-state index is -0.308. The van der Waals surface area contributed by atoms with Crippen molar-refractivity contribution in [2.45, 2.75) is 39.2 Å². The second-order valence-electron chi connectivity index (χ2n) is 8.92. The van der Waals surface area contributed by atoms with Crippen LogP contribution in [0.25, 0.3) is 11.0 Å². The van der Waals surface area contributed by atoms with Crippen molar-refractivity contribution in [3.63, 3.8) is 0 Å². The van der Waals surface area contributed by atoms with Gasteiger partial charge in [0.15, 0.2) is 0 Å². The number of amides is 1. The summed E-state index contributed by atoms with van der Waals surface area (Å²) in [5.41, 5.74) is 5.00. The zero-order valence-corrected chi connectivity index (χ0v) is 19.5. The summed E-state index contributed by atoms with van der Waals surface area (Å²) in [5, 5.41) is 0. The van der Waals surface area contributed by atoms with Gasteiger partial charge in [-0.3, -0.25) is 4.79 Å². The van der Waals surface area contributed by atoms with E-state index < -0.39 is 0 Å². The molecule has 34 heavy (non-hydrogen) atoms. The lowest BCUT2D eigenvalue weighted by Gasteiger charge is -2.18. The number of hydrogen-bond donors (Lipinski definition) is 0. The highest BCUT2D eigenvalue weighted by molar-refractivity contribution is 5.96. The lowest BCUT2D eigenvalue weighted by atomic mass is 10.1. The Hall–Kier alpha value is -3.67. The van der Waals surface area contributed by atoms with E-state index in [0.717, 1.165) is 52.4 Å². The highest BCUT2D eigenvalue weighted by Crippen LogP contribution is 2.33. The molecule has 1 saturated heterocycles. The molecule has 0 aliphatic carbocycles. The molecule has 1 aromatic heterocycles. The molecule has 1 aliphatic rings. The lowest BCUT2D eigenvalue weighted by molar-refractivity contribution is -0.117. The largest absolute Gasteiger partial charge is 0.493 e. The molecule has 0 bridgehead atoms. The van der Waals surface area contributed by atoms with Crippen molar-refractivity contribution in [1.29, 1.82) is 0 Å². The van der Waals surface area contributed by atoms with Gasteiger partial charge in [-0.2, -0.15) is 0 Å². The summed E-state index contributed by atoms with van der Waals surface area (Å²) >= 11 is 0. The van der Waals surface area contributed by atoms with Crippen molar-refractivity contribution in [2.75, 3.05) is 18.1 Å². The van der Waals surface area contributed by atoms with Crippen molar-refractivity contribution < 1.29 is 13.9 Å². The van der Waals surface area contributed by atoms with Gasteiger partial charge in [0.2, 0.25) is 5.91 Å². The summed E-state index contributed by atoms with van der Waals surface area (Å²) in [6, 6.07) is 20.3. The molecule has 6 heteroatoms. The Labute approximate surface area is 198 Å². The number of aromatic nitrogens is 2. The van der Waals surface area contributed by atoms with Gasteiger partial charge >= 0.3 is 0 Å². The van der Waals surface area contributed by atoms with E-state index >= 15 is 0 Å². The minimum Gasteiger partial charge on any atom is -0.493 e. The van der Waals surface area contributed by atoms with Crippen molar-refractivity contribution in [1.82, 2.24) is 9.55 Å². The molecule has 0 radical (unpaired) electrons. The molecule has 0 saturated carbocycles. The first-order valence-electron chi connectivity index (χ1n) is 11.7. The Bertz CT molecular complexity index is 1310. The van der Waals surface area contributed by atoms with E-state index in [4.69, 9.17) is 9.72 Å². The fraction of sp³-hybridized carbons (Fsp3) is 0.286. The molecule has 1 fully saturated rings. The Kier molecular flexibility index (Phi) is 6.05. The summed E-state index contributed by atoms with van der Waals surface area (Å²) < 4.78 is 21.7. The van der Waals surface area contributed by atoms with Crippen LogP contribution in [0.2, 0.25) is 0 Å². The second kappa shape index (κ2) is 9.29. The molecule has 0 N–H and O–H groups in total. The third-order valence-electron chi connectivity index (χ3n) is 6.49. The highest BCUT2D eigenvalue weighted by Gasteiger charge is 2.34. The Morgan fingerprint density at radius 1 is 1.00 bits per heavy atom. The first-order valence-corrected chi connectivity index (χ1v) is 11.7. The van der Waals surface area contributed by atoms with Gasteiger partial charge in [-0.25, -0.2) is 9.37 Å². The summed E-state index contributed by atoms with van der Waals surface area (Å²) in [4.78, 5) is 19.5. The van der Waals surface area contributed by atoms with Crippen LogP contribution in [-0.2, 0) is 11.3 Å². The van der Waals surface area contributed by atoms with Gasteiger partial charge in [-0.05, 0) is 67.8 Å². The number of imidazole rings is 1. The van der Waals surface area contributed by atoms with E-state index in [2.05, 4.69) is 36.6 Å². The molecular formula is C28H28FN3O2. The topological polar surface area (TPSA) is 47.4 Å². The van der Waals surface area contributed by atoms with Crippen LogP contribution in [0.4, 0.5) is 10.1 Å². The van der Waals surface area contributed by atoms with Crippen LogP contribution in [-0.4, -0.2) is 28.6 Å². The molecule has 0 unspecified atom stereocenters. The molecule has 3 aromatic carbocycles. The van der Waals surface area contributed by atoms with E-state index in [-0.39, 0.29) is 17.6 Å². The maximum absolute atomic E-state index is 13.4. The molecule has 4 aromatic rings. The van der Waals surface area contributed by atoms with Crippen molar-refractivity contribution in [3.05, 3.63) is 89.5 Å². The molecule has 5 nitrogen and oxygen atoms in total. The number of anilines is 1. The summed E-state index contributed by atoms with van der Waals surface area (Å²) in [6.45, 7) is 6.01. The number of carbonyl (C=O) groups excluding carboxylic acids is 1. The zero-order valence-electron chi connectivity index (χ0n) is 19.5. The van der Waals surface area contributed by atoms with Gasteiger partial charge in [0.05, 0.1) is 17.6 Å². The monoisotopic (exact) mass is 457 g/mol. The van der Waals surface area contributed by atoms with E-state index in [1.54, 1.807) is 17.0 Å².